The maximum Gasteiger partial charge on any atom is 0.295 e. The topological polar surface area (TPSA) is 87.2 Å². The van der Waals surface area contributed by atoms with E-state index in [0.29, 0.717) is 11.0 Å². The van der Waals surface area contributed by atoms with Crippen LogP contribution in [0, 0.1) is 0 Å². The number of carbonyl (C=O) groups excluding carboxylic acids is 1. The van der Waals surface area contributed by atoms with Gasteiger partial charge < -0.3 is 4.98 Å². The number of H-pyrrole nitrogens is 1. The number of nitrogens with zero attached hydrogens (tertiary/aromatic N) is 2. The molecule has 0 aliphatic heterocycles. The van der Waals surface area contributed by atoms with Crippen molar-refractivity contribution in [3.8, 4) is 0 Å². The third-order valence-corrected chi connectivity index (χ3v) is 2.99. The molecule has 6 nitrogen and oxygen atoms in total. The molecule has 1 heterocycles. The number of carbonyl (C=O) groups is 1. The highest BCUT2D eigenvalue weighted by Crippen LogP contribution is 2.05. The van der Waals surface area contributed by atoms with Gasteiger partial charge in [0.15, 0.2) is 5.69 Å². The van der Waals surface area contributed by atoms with Crippen molar-refractivity contribution in [1.82, 2.24) is 15.4 Å². The van der Waals surface area contributed by atoms with Gasteiger partial charge in [-0.3, -0.25) is 9.59 Å². The monoisotopic (exact) mass is 292 g/mol. The molecule has 3 rings (SSSR count). The van der Waals surface area contributed by atoms with Gasteiger partial charge in [0, 0.05) is 0 Å². The molecule has 0 atom stereocenters. The summed E-state index contributed by atoms with van der Waals surface area (Å²) < 4.78 is 0. The molecule has 0 radical (unpaired) electrons. The van der Waals surface area contributed by atoms with Crippen molar-refractivity contribution in [1.29, 1.82) is 0 Å². The maximum atomic E-state index is 12.0. The number of benzene rings is 2. The number of fused-ring (bicyclic) bond motifs is 1. The average Bonchev–Trinajstić information content (AvgIpc) is 2.55. The Morgan fingerprint density at radius 1 is 1.09 bits per heavy atom. The minimum Gasteiger partial charge on any atom is -0.319 e. The molecule has 1 amide bonds. The molecule has 0 fully saturated rings. The Hall–Kier alpha value is -3.28. The zero-order valence-corrected chi connectivity index (χ0v) is 11.5. The number of hydrogen-bond acceptors (Lipinski definition) is 4. The summed E-state index contributed by atoms with van der Waals surface area (Å²) in [6.07, 6.45) is 1.49. The highest BCUT2D eigenvalue weighted by atomic mass is 16.2. The number of rotatable bonds is 3. The molecule has 0 aliphatic rings. The predicted molar refractivity (Wildman–Crippen MR) is 83.9 cm³/mol. The first kappa shape index (κ1) is 13.7. The van der Waals surface area contributed by atoms with E-state index in [9.17, 15) is 9.59 Å². The van der Waals surface area contributed by atoms with E-state index in [2.05, 4.69) is 20.5 Å². The first-order chi connectivity index (χ1) is 10.7. The SMILES string of the molecule is O=C(N/N=C/c1ccccc1)c1nc2ccccc2[nH]c1=O. The van der Waals surface area contributed by atoms with E-state index in [1.165, 1.54) is 6.21 Å². The fraction of sp³-hybridized carbons (Fsp3) is 0. The quantitative estimate of drug-likeness (QED) is 0.569. The summed E-state index contributed by atoms with van der Waals surface area (Å²) >= 11 is 0. The second-order valence-electron chi connectivity index (χ2n) is 4.54. The zero-order valence-electron chi connectivity index (χ0n) is 11.5. The number of para-hydroxylation sites is 2. The Morgan fingerprint density at radius 2 is 1.82 bits per heavy atom. The van der Waals surface area contributed by atoms with Crippen molar-refractivity contribution in [2.75, 3.05) is 0 Å². The molecule has 22 heavy (non-hydrogen) atoms. The van der Waals surface area contributed by atoms with Crippen LogP contribution in [0.2, 0.25) is 0 Å². The number of hydrogen-bond donors (Lipinski definition) is 2. The molecule has 0 saturated carbocycles. The minimum absolute atomic E-state index is 0.219. The summed E-state index contributed by atoms with van der Waals surface area (Å²) in [5.41, 5.74) is 3.49. The lowest BCUT2D eigenvalue weighted by Gasteiger charge is -2.01. The van der Waals surface area contributed by atoms with E-state index in [-0.39, 0.29) is 5.69 Å². The van der Waals surface area contributed by atoms with Crippen molar-refractivity contribution >= 4 is 23.2 Å². The van der Waals surface area contributed by atoms with E-state index in [0.717, 1.165) is 5.56 Å². The van der Waals surface area contributed by atoms with E-state index in [4.69, 9.17) is 0 Å². The van der Waals surface area contributed by atoms with Crippen molar-refractivity contribution in [2.45, 2.75) is 0 Å². The predicted octanol–water partition coefficient (Wildman–Crippen LogP) is 1.69. The highest BCUT2D eigenvalue weighted by molar-refractivity contribution is 5.94. The first-order valence-electron chi connectivity index (χ1n) is 6.61. The van der Waals surface area contributed by atoms with Gasteiger partial charge in [0.25, 0.3) is 11.5 Å². The number of aromatic nitrogens is 2. The molecule has 3 aromatic rings. The van der Waals surface area contributed by atoms with Crippen LogP contribution in [0.4, 0.5) is 0 Å². The van der Waals surface area contributed by atoms with Crippen LogP contribution in [0.3, 0.4) is 0 Å². The Balaban J connectivity index is 1.82. The Kier molecular flexibility index (Phi) is 3.74. The summed E-state index contributed by atoms with van der Waals surface area (Å²) in [7, 11) is 0. The molecule has 1 aromatic heterocycles. The standard InChI is InChI=1S/C16H12N4O2/c21-15-14(18-12-8-4-5-9-13(12)19-15)16(22)20-17-10-11-6-2-1-3-7-11/h1-10H,(H,19,21)(H,20,22)/b17-10+. The molecule has 0 bridgehead atoms. The zero-order chi connectivity index (χ0) is 15.4. The van der Waals surface area contributed by atoms with Crippen molar-refractivity contribution in [2.24, 2.45) is 5.10 Å². The van der Waals surface area contributed by atoms with Gasteiger partial charge in [0.1, 0.15) is 0 Å². The van der Waals surface area contributed by atoms with Crippen LogP contribution < -0.4 is 11.0 Å². The third-order valence-electron chi connectivity index (χ3n) is 2.99. The van der Waals surface area contributed by atoms with Crippen molar-refractivity contribution in [3.05, 3.63) is 76.2 Å². The number of hydrazone groups is 1. The Labute approximate surface area is 125 Å². The summed E-state index contributed by atoms with van der Waals surface area (Å²) in [5.74, 6) is -0.654. The van der Waals surface area contributed by atoms with Gasteiger partial charge in [-0.2, -0.15) is 5.10 Å². The van der Waals surface area contributed by atoms with Gasteiger partial charge in [-0.15, -0.1) is 0 Å². The van der Waals surface area contributed by atoms with Crippen LogP contribution in [0.25, 0.3) is 11.0 Å². The molecular weight excluding hydrogens is 280 g/mol. The molecule has 0 aliphatic carbocycles. The smallest absolute Gasteiger partial charge is 0.295 e. The highest BCUT2D eigenvalue weighted by Gasteiger charge is 2.12. The molecule has 2 aromatic carbocycles. The van der Waals surface area contributed by atoms with E-state index < -0.39 is 11.5 Å². The van der Waals surface area contributed by atoms with Gasteiger partial charge in [0.2, 0.25) is 0 Å². The van der Waals surface area contributed by atoms with Crippen molar-refractivity contribution < 1.29 is 4.79 Å². The van der Waals surface area contributed by atoms with Crippen LogP contribution in [-0.4, -0.2) is 22.1 Å². The minimum atomic E-state index is -0.654. The summed E-state index contributed by atoms with van der Waals surface area (Å²) in [6, 6.07) is 16.3. The lowest BCUT2D eigenvalue weighted by molar-refractivity contribution is 0.0949. The molecule has 0 unspecified atom stereocenters. The number of aromatic amines is 1. The van der Waals surface area contributed by atoms with Gasteiger partial charge in [-0.1, -0.05) is 42.5 Å². The molecule has 0 spiro atoms. The second kappa shape index (κ2) is 6.01. The van der Waals surface area contributed by atoms with E-state index in [1.807, 2.05) is 30.3 Å². The van der Waals surface area contributed by atoms with Crippen LogP contribution in [0.5, 0.6) is 0 Å². The molecule has 0 saturated heterocycles. The second-order valence-corrected chi connectivity index (χ2v) is 4.54. The third kappa shape index (κ3) is 2.90. The van der Waals surface area contributed by atoms with Crippen LogP contribution in [0.1, 0.15) is 16.1 Å². The van der Waals surface area contributed by atoms with Gasteiger partial charge in [-0.25, -0.2) is 10.4 Å². The molecule has 6 heteroatoms. The van der Waals surface area contributed by atoms with Crippen LogP contribution in [0.15, 0.2) is 64.5 Å². The van der Waals surface area contributed by atoms with Crippen molar-refractivity contribution in [3.63, 3.8) is 0 Å². The molecule has 108 valence electrons. The van der Waals surface area contributed by atoms with Gasteiger partial charge in [-0.05, 0) is 17.7 Å². The summed E-state index contributed by atoms with van der Waals surface area (Å²) in [4.78, 5) is 30.6. The largest absolute Gasteiger partial charge is 0.319 e. The summed E-state index contributed by atoms with van der Waals surface area (Å²) in [6.45, 7) is 0. The summed E-state index contributed by atoms with van der Waals surface area (Å²) in [5, 5.41) is 3.82. The van der Waals surface area contributed by atoms with Gasteiger partial charge >= 0.3 is 0 Å². The number of amides is 1. The normalized spacial score (nSPS) is 10.9. The van der Waals surface area contributed by atoms with Gasteiger partial charge in [0.05, 0.1) is 17.2 Å². The fourth-order valence-electron chi connectivity index (χ4n) is 1.94. The maximum absolute atomic E-state index is 12.0. The lowest BCUT2D eigenvalue weighted by atomic mass is 10.2. The van der Waals surface area contributed by atoms with Crippen LogP contribution in [-0.2, 0) is 0 Å². The van der Waals surface area contributed by atoms with E-state index in [1.54, 1.807) is 24.3 Å². The van der Waals surface area contributed by atoms with E-state index >= 15 is 0 Å². The fourth-order valence-corrected chi connectivity index (χ4v) is 1.94. The molecule has 2 N–H and O–H groups in total. The van der Waals surface area contributed by atoms with Crippen LogP contribution >= 0.6 is 0 Å². The average molecular weight is 292 g/mol. The Bertz CT molecular complexity index is 901. The molecular formula is C16H12N4O2. The lowest BCUT2D eigenvalue weighted by Crippen LogP contribution is -2.28. The number of nitrogens with one attached hydrogen (secondary N) is 2. The first-order valence-corrected chi connectivity index (χ1v) is 6.61. The Morgan fingerprint density at radius 3 is 2.64 bits per heavy atom.